The lowest BCUT2D eigenvalue weighted by molar-refractivity contribution is -0.136. The average molecular weight is 524 g/mol. The van der Waals surface area contributed by atoms with Gasteiger partial charge in [-0.2, -0.15) is 13.2 Å². The fraction of sp³-hybridized carbons (Fsp3) is 0.0909. The third-order valence-corrected chi connectivity index (χ3v) is 5.89. The van der Waals surface area contributed by atoms with Crippen LogP contribution in [0.3, 0.4) is 0 Å². The number of fused-ring (bicyclic) bond motifs is 1. The van der Waals surface area contributed by atoms with Gasteiger partial charge < -0.3 is 4.74 Å². The summed E-state index contributed by atoms with van der Waals surface area (Å²) >= 11 is 0. The molecule has 4 aromatic carbocycles. The highest BCUT2D eigenvalue weighted by atomic mass is 19.4. The van der Waals surface area contributed by atoms with Crippen LogP contribution in [-0.2, 0) is 22.1 Å². The zero-order valence-electron chi connectivity index (χ0n) is 21.1. The molecule has 0 saturated heterocycles. The van der Waals surface area contributed by atoms with Crippen LogP contribution in [0.4, 0.5) is 13.2 Å². The molecule has 0 aliphatic carbocycles. The van der Waals surface area contributed by atoms with Crippen molar-refractivity contribution in [3.05, 3.63) is 137 Å². The summed E-state index contributed by atoms with van der Waals surface area (Å²) in [5.41, 5.74) is 4.37. The number of halogens is 3. The van der Waals surface area contributed by atoms with Crippen LogP contribution >= 0.6 is 0 Å². The fourth-order valence-electron chi connectivity index (χ4n) is 4.20. The largest absolute Gasteiger partial charge is 0.471 e. The maximum atomic E-state index is 13.8. The zero-order chi connectivity index (χ0) is 27.7. The Bertz CT molecular complexity index is 1620. The standard InChI is InChI=1S/C31H20F3N.C2H4O2/c32-31(33,34)28-16-8-15-27-29(26(21-35-30(27)28)20-23-11-5-2-6-12-23)25-14-7-13-24(19-25)18-17-22-9-3-1-4-10-22;1-4-2-3/h1-16,19,21H,20H2;2H,1H3. The number of ether oxygens (including phenoxy) is 1. The van der Waals surface area contributed by atoms with Crippen LogP contribution in [0.1, 0.15) is 27.8 Å². The van der Waals surface area contributed by atoms with Gasteiger partial charge in [-0.1, -0.05) is 84.6 Å². The minimum Gasteiger partial charge on any atom is -0.471 e. The monoisotopic (exact) mass is 523 g/mol. The van der Waals surface area contributed by atoms with Crippen molar-refractivity contribution in [1.29, 1.82) is 0 Å². The summed E-state index contributed by atoms with van der Waals surface area (Å²) in [6, 6.07) is 31.4. The van der Waals surface area contributed by atoms with Crippen LogP contribution in [0, 0.1) is 11.8 Å². The molecule has 194 valence electrons. The van der Waals surface area contributed by atoms with Crippen molar-refractivity contribution in [2.75, 3.05) is 7.11 Å². The lowest BCUT2D eigenvalue weighted by Gasteiger charge is -2.16. The molecule has 6 heteroatoms. The highest BCUT2D eigenvalue weighted by Gasteiger charge is 2.33. The molecule has 5 rings (SSSR count). The molecule has 0 amide bonds. The zero-order valence-corrected chi connectivity index (χ0v) is 21.1. The molecule has 0 bridgehead atoms. The van der Waals surface area contributed by atoms with Crippen molar-refractivity contribution in [2.45, 2.75) is 12.6 Å². The molecule has 39 heavy (non-hydrogen) atoms. The molecule has 0 spiro atoms. The Hall–Kier alpha value is -4.89. The minimum atomic E-state index is -4.49. The third-order valence-electron chi connectivity index (χ3n) is 5.89. The molecule has 5 aromatic rings. The first-order valence-electron chi connectivity index (χ1n) is 12.1. The smallest absolute Gasteiger partial charge is 0.418 e. The molecule has 0 radical (unpaired) electrons. The molecule has 0 N–H and O–H groups in total. The summed E-state index contributed by atoms with van der Waals surface area (Å²) in [5.74, 6) is 6.33. The molecule has 0 saturated carbocycles. The van der Waals surface area contributed by atoms with E-state index in [1.807, 2.05) is 84.9 Å². The van der Waals surface area contributed by atoms with E-state index in [1.54, 1.807) is 12.3 Å². The first-order chi connectivity index (χ1) is 18.9. The van der Waals surface area contributed by atoms with E-state index in [4.69, 9.17) is 4.79 Å². The van der Waals surface area contributed by atoms with Gasteiger partial charge in [0, 0.05) is 22.7 Å². The van der Waals surface area contributed by atoms with Crippen LogP contribution in [0.5, 0.6) is 0 Å². The van der Waals surface area contributed by atoms with Crippen molar-refractivity contribution in [3.63, 3.8) is 0 Å². The second kappa shape index (κ2) is 12.6. The molecule has 0 aliphatic heterocycles. The van der Waals surface area contributed by atoms with Crippen LogP contribution in [0.2, 0.25) is 0 Å². The molecule has 3 nitrogen and oxygen atoms in total. The lowest BCUT2D eigenvalue weighted by atomic mass is 9.91. The van der Waals surface area contributed by atoms with Crippen LogP contribution < -0.4 is 0 Å². The molecule has 0 fully saturated rings. The van der Waals surface area contributed by atoms with E-state index >= 15 is 0 Å². The molecule has 1 aromatic heterocycles. The summed E-state index contributed by atoms with van der Waals surface area (Å²) in [6.07, 6.45) is -2.37. The number of methoxy groups -OCH3 is 1. The van der Waals surface area contributed by atoms with Gasteiger partial charge in [0.2, 0.25) is 0 Å². The topological polar surface area (TPSA) is 39.2 Å². The van der Waals surface area contributed by atoms with Gasteiger partial charge in [0.15, 0.2) is 0 Å². The molecule has 1 heterocycles. The van der Waals surface area contributed by atoms with E-state index in [2.05, 4.69) is 21.6 Å². The third kappa shape index (κ3) is 6.91. The Morgan fingerprint density at radius 1 is 0.821 bits per heavy atom. The number of aromatic nitrogens is 1. The van der Waals surface area contributed by atoms with Crippen molar-refractivity contribution < 1.29 is 22.7 Å². The predicted octanol–water partition coefficient (Wildman–Crippen LogP) is 7.70. The van der Waals surface area contributed by atoms with Crippen molar-refractivity contribution in [3.8, 4) is 23.0 Å². The first kappa shape index (κ1) is 27.2. The van der Waals surface area contributed by atoms with E-state index in [0.29, 0.717) is 18.3 Å². The van der Waals surface area contributed by atoms with Crippen LogP contribution in [-0.4, -0.2) is 18.6 Å². The van der Waals surface area contributed by atoms with Gasteiger partial charge in [-0.3, -0.25) is 9.78 Å². The van der Waals surface area contributed by atoms with Gasteiger partial charge in [0.05, 0.1) is 18.2 Å². The number of rotatable bonds is 4. The van der Waals surface area contributed by atoms with Crippen molar-refractivity contribution in [2.24, 2.45) is 0 Å². The number of alkyl halides is 3. The summed E-state index contributed by atoms with van der Waals surface area (Å²) in [6.45, 7) is 0.375. The maximum Gasteiger partial charge on any atom is 0.418 e. The van der Waals surface area contributed by atoms with E-state index in [-0.39, 0.29) is 5.52 Å². The first-order valence-corrected chi connectivity index (χ1v) is 12.1. The number of carbonyl (C=O) groups is 1. The Balaban J connectivity index is 0.000000826. The maximum absolute atomic E-state index is 13.8. The van der Waals surface area contributed by atoms with Crippen LogP contribution in [0.25, 0.3) is 22.0 Å². The Morgan fingerprint density at radius 2 is 1.44 bits per heavy atom. The molecule has 0 unspecified atom stereocenters. The van der Waals surface area contributed by atoms with Gasteiger partial charge in [-0.15, -0.1) is 0 Å². The van der Waals surface area contributed by atoms with Crippen molar-refractivity contribution in [1.82, 2.24) is 4.98 Å². The van der Waals surface area contributed by atoms with Gasteiger partial charge in [-0.05, 0) is 59.0 Å². The fourth-order valence-corrected chi connectivity index (χ4v) is 4.20. The molecule has 0 atom stereocenters. The molecule has 0 aliphatic rings. The lowest BCUT2D eigenvalue weighted by Crippen LogP contribution is -2.07. The van der Waals surface area contributed by atoms with Crippen molar-refractivity contribution >= 4 is 17.4 Å². The number of hydrogen-bond donors (Lipinski definition) is 0. The SMILES string of the molecule is COC=O.FC(F)(F)c1cccc2c(-c3cccc(C#Cc4ccccc4)c3)c(Cc3ccccc3)cnc12. The highest BCUT2D eigenvalue weighted by molar-refractivity contribution is 5.98. The normalized spacial score (nSPS) is 10.6. The highest BCUT2D eigenvalue weighted by Crippen LogP contribution is 2.39. The van der Waals surface area contributed by atoms with E-state index in [9.17, 15) is 13.2 Å². The van der Waals surface area contributed by atoms with Gasteiger partial charge in [0.25, 0.3) is 6.47 Å². The number of benzene rings is 4. The Morgan fingerprint density at radius 3 is 2.10 bits per heavy atom. The van der Waals surface area contributed by atoms with Gasteiger partial charge in [0.1, 0.15) is 0 Å². The van der Waals surface area contributed by atoms with E-state index in [1.165, 1.54) is 13.2 Å². The number of nitrogens with zero attached hydrogens (tertiary/aromatic N) is 1. The Labute approximate surface area is 224 Å². The summed E-state index contributed by atoms with van der Waals surface area (Å²) in [7, 11) is 1.31. The van der Waals surface area contributed by atoms with E-state index in [0.717, 1.165) is 39.4 Å². The van der Waals surface area contributed by atoms with E-state index < -0.39 is 11.7 Å². The second-order valence-corrected chi connectivity index (χ2v) is 8.55. The Kier molecular flexibility index (Phi) is 8.75. The van der Waals surface area contributed by atoms with Gasteiger partial charge in [-0.25, -0.2) is 0 Å². The molecular formula is C33H24F3NO2. The number of carbonyl (C=O) groups excluding carboxylic acids is 1. The number of para-hydroxylation sites is 1. The summed E-state index contributed by atoms with van der Waals surface area (Å²) < 4.78 is 45.2. The van der Waals surface area contributed by atoms with Crippen LogP contribution in [0.15, 0.2) is 109 Å². The number of pyridine rings is 1. The summed E-state index contributed by atoms with van der Waals surface area (Å²) in [4.78, 5) is 13.2. The number of hydrogen-bond acceptors (Lipinski definition) is 3. The quantitative estimate of drug-likeness (QED) is 0.179. The average Bonchev–Trinajstić information content (AvgIpc) is 2.96. The summed E-state index contributed by atoms with van der Waals surface area (Å²) in [5, 5.41) is 0.474. The minimum absolute atomic E-state index is 0.0485. The predicted molar refractivity (Wildman–Crippen MR) is 147 cm³/mol. The van der Waals surface area contributed by atoms with Gasteiger partial charge >= 0.3 is 6.18 Å². The second-order valence-electron chi connectivity index (χ2n) is 8.55. The molecular weight excluding hydrogens is 499 g/mol.